The number of nitrogens with zero attached hydrogens (tertiary/aromatic N) is 1. The van der Waals surface area contributed by atoms with Crippen molar-refractivity contribution in [1.82, 2.24) is 4.90 Å². The number of alkyl halides is 1. The molecule has 0 saturated heterocycles. The highest BCUT2D eigenvalue weighted by Gasteiger charge is 2.09. The number of hydrogen-bond acceptors (Lipinski definition) is 3. The Morgan fingerprint density at radius 1 is 1.17 bits per heavy atom. The minimum atomic E-state index is 0.477. The Kier molecular flexibility index (Phi) is 6.91. The summed E-state index contributed by atoms with van der Waals surface area (Å²) in [5, 5.41) is 0. The lowest BCUT2D eigenvalue weighted by Gasteiger charge is -2.25. The Hall–Kier alpha value is -0.930. The predicted octanol–water partition coefficient (Wildman–Crippen LogP) is 3.02. The lowest BCUT2D eigenvalue weighted by atomic mass is 10.3. The monoisotopic (exact) mass is 271 g/mol. The molecule has 4 heteroatoms. The van der Waals surface area contributed by atoms with E-state index in [2.05, 4.69) is 18.7 Å². The molecule has 1 rings (SSSR count). The first-order chi connectivity index (χ1) is 8.69. The van der Waals surface area contributed by atoms with E-state index in [-0.39, 0.29) is 0 Å². The quantitative estimate of drug-likeness (QED) is 0.679. The van der Waals surface area contributed by atoms with Crippen LogP contribution in [0, 0.1) is 0 Å². The van der Waals surface area contributed by atoms with Gasteiger partial charge in [-0.25, -0.2) is 0 Å². The van der Waals surface area contributed by atoms with Gasteiger partial charge in [0.25, 0.3) is 0 Å². The number of para-hydroxylation sites is 2. The summed E-state index contributed by atoms with van der Waals surface area (Å²) in [5.74, 6) is 2.20. The number of methoxy groups -OCH3 is 1. The van der Waals surface area contributed by atoms with Crippen molar-refractivity contribution in [2.24, 2.45) is 0 Å². The third-order valence-corrected chi connectivity index (χ3v) is 2.98. The van der Waals surface area contributed by atoms with Crippen LogP contribution in [0.2, 0.25) is 0 Å². The molecule has 0 atom stereocenters. The molecule has 0 radical (unpaired) electrons. The maximum Gasteiger partial charge on any atom is 0.161 e. The molecule has 0 spiro atoms. The molecule has 0 fully saturated rings. The van der Waals surface area contributed by atoms with Gasteiger partial charge in [-0.15, -0.1) is 11.6 Å². The maximum atomic E-state index is 5.78. The van der Waals surface area contributed by atoms with Crippen molar-refractivity contribution >= 4 is 11.6 Å². The first-order valence-electron chi connectivity index (χ1n) is 6.25. The van der Waals surface area contributed by atoms with Crippen molar-refractivity contribution < 1.29 is 9.47 Å². The molecule has 0 unspecified atom stereocenters. The van der Waals surface area contributed by atoms with Crippen molar-refractivity contribution in [3.05, 3.63) is 24.3 Å². The molecule has 1 aromatic carbocycles. The van der Waals surface area contributed by atoms with Crippen LogP contribution in [0.15, 0.2) is 24.3 Å². The third kappa shape index (κ3) is 4.75. The van der Waals surface area contributed by atoms with Gasteiger partial charge in [-0.05, 0) is 26.0 Å². The van der Waals surface area contributed by atoms with Crippen LogP contribution in [0.1, 0.15) is 13.8 Å². The van der Waals surface area contributed by atoms with Crippen molar-refractivity contribution in [3.8, 4) is 11.5 Å². The Morgan fingerprint density at radius 2 is 1.83 bits per heavy atom. The van der Waals surface area contributed by atoms with Crippen LogP contribution in [0.25, 0.3) is 0 Å². The van der Waals surface area contributed by atoms with E-state index in [0.717, 1.165) is 24.6 Å². The van der Waals surface area contributed by atoms with E-state index in [0.29, 0.717) is 18.5 Å². The largest absolute Gasteiger partial charge is 0.493 e. The summed E-state index contributed by atoms with van der Waals surface area (Å²) in [6, 6.07) is 8.16. The van der Waals surface area contributed by atoms with E-state index in [1.165, 1.54) is 0 Å². The molecule has 0 aliphatic carbocycles. The smallest absolute Gasteiger partial charge is 0.161 e. The topological polar surface area (TPSA) is 21.7 Å². The summed E-state index contributed by atoms with van der Waals surface area (Å²) in [6.07, 6.45) is 0. The molecule has 3 nitrogen and oxygen atoms in total. The Balaban J connectivity index is 2.44. The van der Waals surface area contributed by atoms with Gasteiger partial charge in [-0.2, -0.15) is 0 Å². The molecule has 0 heterocycles. The van der Waals surface area contributed by atoms with E-state index < -0.39 is 0 Å². The molecule has 0 aliphatic rings. The summed E-state index contributed by atoms with van der Waals surface area (Å²) in [5.41, 5.74) is 0. The van der Waals surface area contributed by atoms with Gasteiger partial charge in [0.2, 0.25) is 0 Å². The number of ether oxygens (including phenoxy) is 2. The first kappa shape index (κ1) is 15.1. The average molecular weight is 272 g/mol. The van der Waals surface area contributed by atoms with Crippen molar-refractivity contribution in [2.45, 2.75) is 19.9 Å². The SMILES string of the molecule is COc1ccccc1OCCN(CCCl)C(C)C. The molecule has 0 N–H and O–H groups in total. The molecular formula is C14H22ClNO2. The van der Waals surface area contributed by atoms with Crippen LogP contribution in [0.4, 0.5) is 0 Å². The van der Waals surface area contributed by atoms with E-state index in [4.69, 9.17) is 21.1 Å². The zero-order valence-electron chi connectivity index (χ0n) is 11.4. The molecule has 18 heavy (non-hydrogen) atoms. The Bertz CT molecular complexity index is 344. The first-order valence-corrected chi connectivity index (χ1v) is 6.78. The second-order valence-corrected chi connectivity index (χ2v) is 4.70. The summed E-state index contributed by atoms with van der Waals surface area (Å²) < 4.78 is 11.0. The van der Waals surface area contributed by atoms with Gasteiger partial charge >= 0.3 is 0 Å². The number of halogens is 1. The normalized spacial score (nSPS) is 11.0. The summed E-state index contributed by atoms with van der Waals surface area (Å²) in [6.45, 7) is 6.71. The third-order valence-electron chi connectivity index (χ3n) is 2.81. The molecule has 0 amide bonds. The lowest BCUT2D eigenvalue weighted by Crippen LogP contribution is -2.36. The number of rotatable bonds is 8. The second kappa shape index (κ2) is 8.22. The minimum absolute atomic E-state index is 0.477. The zero-order chi connectivity index (χ0) is 13.4. The van der Waals surface area contributed by atoms with Gasteiger partial charge < -0.3 is 9.47 Å². The highest BCUT2D eigenvalue weighted by atomic mass is 35.5. The van der Waals surface area contributed by atoms with Gasteiger partial charge in [0.05, 0.1) is 7.11 Å². The van der Waals surface area contributed by atoms with Crippen LogP contribution in [0.5, 0.6) is 11.5 Å². The zero-order valence-corrected chi connectivity index (χ0v) is 12.1. The summed E-state index contributed by atoms with van der Waals surface area (Å²) >= 11 is 5.78. The maximum absolute atomic E-state index is 5.78. The molecule has 102 valence electrons. The van der Waals surface area contributed by atoms with Crippen molar-refractivity contribution in [2.75, 3.05) is 32.7 Å². The van der Waals surface area contributed by atoms with Crippen LogP contribution < -0.4 is 9.47 Å². The average Bonchev–Trinajstić information content (AvgIpc) is 2.38. The van der Waals surface area contributed by atoms with Gasteiger partial charge in [-0.3, -0.25) is 4.90 Å². The van der Waals surface area contributed by atoms with Crippen LogP contribution in [-0.2, 0) is 0 Å². The van der Waals surface area contributed by atoms with E-state index in [1.54, 1.807) is 7.11 Å². The van der Waals surface area contributed by atoms with E-state index >= 15 is 0 Å². The van der Waals surface area contributed by atoms with Gasteiger partial charge in [0.1, 0.15) is 6.61 Å². The van der Waals surface area contributed by atoms with Gasteiger partial charge in [0.15, 0.2) is 11.5 Å². The Labute approximate surface area is 115 Å². The number of hydrogen-bond donors (Lipinski definition) is 0. The van der Waals surface area contributed by atoms with E-state index in [1.807, 2.05) is 24.3 Å². The molecule has 0 saturated carbocycles. The van der Waals surface area contributed by atoms with Crippen LogP contribution in [-0.4, -0.2) is 43.6 Å². The molecule has 0 bridgehead atoms. The van der Waals surface area contributed by atoms with Gasteiger partial charge in [-0.1, -0.05) is 12.1 Å². The lowest BCUT2D eigenvalue weighted by molar-refractivity contribution is 0.181. The fraction of sp³-hybridized carbons (Fsp3) is 0.571. The molecular weight excluding hydrogens is 250 g/mol. The predicted molar refractivity (Wildman–Crippen MR) is 75.9 cm³/mol. The highest BCUT2D eigenvalue weighted by Crippen LogP contribution is 2.25. The fourth-order valence-electron chi connectivity index (χ4n) is 1.75. The van der Waals surface area contributed by atoms with E-state index in [9.17, 15) is 0 Å². The summed E-state index contributed by atoms with van der Waals surface area (Å²) in [4.78, 5) is 2.29. The van der Waals surface area contributed by atoms with Crippen molar-refractivity contribution in [1.29, 1.82) is 0 Å². The molecule has 1 aromatic rings. The fourth-order valence-corrected chi connectivity index (χ4v) is 1.96. The van der Waals surface area contributed by atoms with Crippen LogP contribution >= 0.6 is 11.6 Å². The standard InChI is InChI=1S/C14H22ClNO2/c1-12(2)16(9-8-15)10-11-18-14-7-5-4-6-13(14)17-3/h4-7,12H,8-11H2,1-3H3. The molecule has 0 aromatic heterocycles. The van der Waals surface area contributed by atoms with Gasteiger partial charge in [0, 0.05) is 25.0 Å². The second-order valence-electron chi connectivity index (χ2n) is 4.32. The molecule has 0 aliphatic heterocycles. The highest BCUT2D eigenvalue weighted by molar-refractivity contribution is 6.18. The number of benzene rings is 1. The van der Waals surface area contributed by atoms with Crippen molar-refractivity contribution in [3.63, 3.8) is 0 Å². The van der Waals surface area contributed by atoms with Crippen LogP contribution in [0.3, 0.4) is 0 Å². The Morgan fingerprint density at radius 3 is 2.39 bits per heavy atom. The minimum Gasteiger partial charge on any atom is -0.493 e. The summed E-state index contributed by atoms with van der Waals surface area (Å²) in [7, 11) is 1.65.